The molecule has 2 aromatic rings. The second-order valence-electron chi connectivity index (χ2n) is 4.84. The van der Waals surface area contributed by atoms with Crippen molar-refractivity contribution in [2.24, 2.45) is 0 Å². The Hall–Kier alpha value is -2.34. The summed E-state index contributed by atoms with van der Waals surface area (Å²) in [4.78, 5) is 11.6. The molecular formula is C16H13NO2. The number of nitrogens with zero attached hydrogens (tertiary/aromatic N) is 1. The molecule has 0 atom stereocenters. The van der Waals surface area contributed by atoms with Gasteiger partial charge in [0.2, 0.25) is 0 Å². The lowest BCUT2D eigenvalue weighted by Gasteiger charge is -2.09. The maximum absolute atomic E-state index is 11.6. The lowest BCUT2D eigenvalue weighted by Crippen LogP contribution is -2.01. The number of esters is 1. The summed E-state index contributed by atoms with van der Waals surface area (Å²) in [6.45, 7) is 0. The van der Waals surface area contributed by atoms with Gasteiger partial charge in [0.25, 0.3) is 0 Å². The fraction of sp³-hybridized carbons (Fsp3) is 0.250. The topological polar surface area (TPSA) is 50.1 Å². The van der Waals surface area contributed by atoms with Gasteiger partial charge >= 0.3 is 5.97 Å². The molecular weight excluding hydrogens is 238 g/mol. The van der Waals surface area contributed by atoms with Crippen LogP contribution in [0.2, 0.25) is 0 Å². The van der Waals surface area contributed by atoms with Gasteiger partial charge in [0, 0.05) is 0 Å². The summed E-state index contributed by atoms with van der Waals surface area (Å²) in [5, 5.41) is 11.3. The van der Waals surface area contributed by atoms with E-state index in [9.17, 15) is 10.1 Å². The van der Waals surface area contributed by atoms with Crippen molar-refractivity contribution in [3.05, 3.63) is 47.0 Å². The molecule has 3 rings (SSSR count). The van der Waals surface area contributed by atoms with Crippen LogP contribution in [-0.4, -0.2) is 13.1 Å². The zero-order valence-electron chi connectivity index (χ0n) is 10.6. The van der Waals surface area contributed by atoms with Gasteiger partial charge in [-0.15, -0.1) is 0 Å². The summed E-state index contributed by atoms with van der Waals surface area (Å²) in [5.74, 6) is 0.122. The highest BCUT2D eigenvalue weighted by Crippen LogP contribution is 2.44. The third-order valence-corrected chi connectivity index (χ3v) is 3.59. The normalized spacial score (nSPS) is 14.1. The van der Waals surface area contributed by atoms with Crippen molar-refractivity contribution in [2.45, 2.75) is 18.8 Å². The smallest absolute Gasteiger partial charge is 0.337 e. The van der Waals surface area contributed by atoms with E-state index in [4.69, 9.17) is 4.74 Å². The summed E-state index contributed by atoms with van der Waals surface area (Å²) < 4.78 is 4.75. The second kappa shape index (κ2) is 4.40. The molecule has 1 fully saturated rings. The number of methoxy groups -OCH3 is 1. The third kappa shape index (κ3) is 1.96. The molecule has 2 aromatic carbocycles. The lowest BCUT2D eigenvalue weighted by atomic mass is 9.95. The highest BCUT2D eigenvalue weighted by molar-refractivity contribution is 5.97. The highest BCUT2D eigenvalue weighted by Gasteiger charge is 2.28. The number of fused-ring (bicyclic) bond motifs is 1. The Morgan fingerprint density at radius 3 is 2.68 bits per heavy atom. The van der Waals surface area contributed by atoms with Crippen molar-refractivity contribution in [3.63, 3.8) is 0 Å². The van der Waals surface area contributed by atoms with Gasteiger partial charge < -0.3 is 4.74 Å². The third-order valence-electron chi connectivity index (χ3n) is 3.59. The molecule has 0 bridgehead atoms. The molecule has 0 aliphatic heterocycles. The van der Waals surface area contributed by atoms with Crippen LogP contribution in [0, 0.1) is 11.3 Å². The number of nitriles is 1. The van der Waals surface area contributed by atoms with Crippen molar-refractivity contribution in [1.29, 1.82) is 5.26 Å². The molecule has 94 valence electrons. The summed E-state index contributed by atoms with van der Waals surface area (Å²) in [7, 11) is 1.38. The van der Waals surface area contributed by atoms with E-state index in [0.29, 0.717) is 11.5 Å². The lowest BCUT2D eigenvalue weighted by molar-refractivity contribution is 0.0601. The molecule has 1 aliphatic carbocycles. The number of hydrogen-bond donors (Lipinski definition) is 0. The number of carbonyl (C=O) groups excluding carboxylic acids is 1. The van der Waals surface area contributed by atoms with E-state index in [-0.39, 0.29) is 5.97 Å². The van der Waals surface area contributed by atoms with Gasteiger partial charge in [-0.05, 0) is 53.3 Å². The minimum Gasteiger partial charge on any atom is -0.465 e. The Kier molecular flexibility index (Phi) is 2.72. The predicted octanol–water partition coefficient (Wildman–Crippen LogP) is 3.38. The van der Waals surface area contributed by atoms with Crippen molar-refractivity contribution in [2.75, 3.05) is 7.11 Å². The van der Waals surface area contributed by atoms with Crippen molar-refractivity contribution >= 4 is 16.7 Å². The first kappa shape index (κ1) is 11.7. The van der Waals surface area contributed by atoms with Gasteiger partial charge in [0.1, 0.15) is 0 Å². The number of rotatable bonds is 2. The van der Waals surface area contributed by atoms with E-state index >= 15 is 0 Å². The molecule has 0 heterocycles. The Bertz CT molecular complexity index is 708. The van der Waals surface area contributed by atoms with E-state index in [0.717, 1.165) is 34.7 Å². The average Bonchev–Trinajstić information content (AvgIpc) is 3.28. The first-order valence-corrected chi connectivity index (χ1v) is 6.29. The molecule has 0 saturated heterocycles. The minimum atomic E-state index is -0.342. The zero-order valence-corrected chi connectivity index (χ0v) is 10.6. The molecule has 1 saturated carbocycles. The average molecular weight is 251 g/mol. The first-order chi connectivity index (χ1) is 9.24. The van der Waals surface area contributed by atoms with Crippen LogP contribution in [0.3, 0.4) is 0 Å². The standard InChI is InChI=1S/C16H13NO2/c1-19-16(18)12-6-2-10-3-7-13(9-17)15(11-4-5-11)14(10)8-12/h2-3,6-8,11H,4-5H2,1H3. The molecule has 0 radical (unpaired) electrons. The van der Waals surface area contributed by atoms with Crippen LogP contribution in [0.5, 0.6) is 0 Å². The van der Waals surface area contributed by atoms with Crippen LogP contribution in [-0.2, 0) is 4.74 Å². The first-order valence-electron chi connectivity index (χ1n) is 6.29. The number of carbonyl (C=O) groups is 1. The summed E-state index contributed by atoms with van der Waals surface area (Å²) in [6, 6.07) is 11.6. The second-order valence-corrected chi connectivity index (χ2v) is 4.84. The van der Waals surface area contributed by atoms with Gasteiger partial charge in [-0.25, -0.2) is 4.79 Å². The largest absolute Gasteiger partial charge is 0.465 e. The fourth-order valence-corrected chi connectivity index (χ4v) is 2.50. The van der Waals surface area contributed by atoms with Crippen LogP contribution in [0.25, 0.3) is 10.8 Å². The van der Waals surface area contributed by atoms with Gasteiger partial charge in [0.05, 0.1) is 24.3 Å². The van der Waals surface area contributed by atoms with Crippen molar-refractivity contribution in [1.82, 2.24) is 0 Å². The summed E-state index contributed by atoms with van der Waals surface area (Å²) in [6.07, 6.45) is 2.24. The van der Waals surface area contributed by atoms with Gasteiger partial charge in [0.15, 0.2) is 0 Å². The van der Waals surface area contributed by atoms with Gasteiger partial charge in [-0.2, -0.15) is 5.26 Å². The summed E-state index contributed by atoms with van der Waals surface area (Å²) in [5.41, 5.74) is 2.34. The molecule has 3 nitrogen and oxygen atoms in total. The van der Waals surface area contributed by atoms with E-state index in [1.54, 1.807) is 6.07 Å². The quantitative estimate of drug-likeness (QED) is 0.769. The van der Waals surface area contributed by atoms with Gasteiger partial charge in [-0.1, -0.05) is 12.1 Å². The van der Waals surface area contributed by atoms with Crippen LogP contribution in [0.15, 0.2) is 30.3 Å². The zero-order chi connectivity index (χ0) is 13.4. The number of benzene rings is 2. The number of ether oxygens (including phenoxy) is 1. The molecule has 0 N–H and O–H groups in total. The minimum absolute atomic E-state index is 0.342. The van der Waals surface area contributed by atoms with E-state index in [2.05, 4.69) is 6.07 Å². The molecule has 19 heavy (non-hydrogen) atoms. The van der Waals surface area contributed by atoms with E-state index in [1.165, 1.54) is 7.11 Å². The monoisotopic (exact) mass is 251 g/mol. The van der Waals surface area contributed by atoms with Crippen LogP contribution < -0.4 is 0 Å². The van der Waals surface area contributed by atoms with Crippen molar-refractivity contribution < 1.29 is 9.53 Å². The maximum atomic E-state index is 11.6. The SMILES string of the molecule is COC(=O)c1ccc2ccc(C#N)c(C3CC3)c2c1. The Balaban J connectivity index is 2.27. The van der Waals surface area contributed by atoms with E-state index in [1.807, 2.05) is 24.3 Å². The molecule has 3 heteroatoms. The molecule has 0 unspecified atom stereocenters. The van der Waals surface area contributed by atoms with E-state index < -0.39 is 0 Å². The number of hydrogen-bond acceptors (Lipinski definition) is 3. The molecule has 1 aliphatic rings. The predicted molar refractivity (Wildman–Crippen MR) is 72.0 cm³/mol. The van der Waals surface area contributed by atoms with Crippen molar-refractivity contribution in [3.8, 4) is 6.07 Å². The van der Waals surface area contributed by atoms with Crippen LogP contribution >= 0.6 is 0 Å². The molecule has 0 aromatic heterocycles. The maximum Gasteiger partial charge on any atom is 0.337 e. The fourth-order valence-electron chi connectivity index (χ4n) is 2.50. The Morgan fingerprint density at radius 1 is 1.32 bits per heavy atom. The Labute approximate surface area is 111 Å². The highest BCUT2D eigenvalue weighted by atomic mass is 16.5. The van der Waals surface area contributed by atoms with Crippen LogP contribution in [0.1, 0.15) is 40.2 Å². The Morgan fingerprint density at radius 2 is 2.05 bits per heavy atom. The van der Waals surface area contributed by atoms with Gasteiger partial charge in [-0.3, -0.25) is 0 Å². The summed E-state index contributed by atoms with van der Waals surface area (Å²) >= 11 is 0. The van der Waals surface area contributed by atoms with Crippen LogP contribution in [0.4, 0.5) is 0 Å². The molecule has 0 amide bonds. The molecule has 0 spiro atoms.